The lowest BCUT2D eigenvalue weighted by molar-refractivity contribution is -0.171. The molecular formula is C31H47N3O3S. The average Bonchev–Trinajstić information content (AvgIpc) is 2.82. The number of carbonyl (C=O) groups is 1. The molecule has 2 aromatic heterocycles. The molecule has 2 aromatic rings. The van der Waals surface area contributed by atoms with E-state index >= 15 is 0 Å². The first-order valence-electron chi connectivity index (χ1n) is 14.0. The minimum absolute atomic E-state index is 0.247. The maximum absolute atomic E-state index is 13.5. The van der Waals surface area contributed by atoms with Crippen LogP contribution in [0.5, 0.6) is 0 Å². The summed E-state index contributed by atoms with van der Waals surface area (Å²) in [7, 11) is 0. The summed E-state index contributed by atoms with van der Waals surface area (Å²) in [5, 5.41) is 0. The molecule has 0 saturated carbocycles. The van der Waals surface area contributed by atoms with Gasteiger partial charge >= 0.3 is 5.97 Å². The summed E-state index contributed by atoms with van der Waals surface area (Å²) in [6.45, 7) is 20.2. The molecule has 1 saturated heterocycles. The molecule has 6 nitrogen and oxygen atoms in total. The fraction of sp³-hybridized carbons (Fsp3) is 0.645. The van der Waals surface area contributed by atoms with E-state index in [0.29, 0.717) is 0 Å². The number of piperidine rings is 1. The lowest BCUT2D eigenvalue weighted by atomic mass is 9.82. The minimum atomic E-state index is -0.890. The number of nitrogens with zero attached hydrogens (tertiary/aromatic N) is 3. The first-order valence-corrected chi connectivity index (χ1v) is 15.0. The van der Waals surface area contributed by atoms with Gasteiger partial charge in [0.05, 0.1) is 23.1 Å². The lowest BCUT2D eigenvalue weighted by Crippen LogP contribution is -2.39. The lowest BCUT2D eigenvalue weighted by Gasteiger charge is -2.41. The third-order valence-corrected chi connectivity index (χ3v) is 7.87. The van der Waals surface area contributed by atoms with Gasteiger partial charge in [-0.05, 0) is 84.1 Å². The number of aryl methyl sites for hydroxylation is 1. The Kier molecular flexibility index (Phi) is 10.3. The van der Waals surface area contributed by atoms with Gasteiger partial charge in [-0.25, -0.2) is 4.79 Å². The summed E-state index contributed by atoms with van der Waals surface area (Å²) in [6.07, 6.45) is 7.22. The van der Waals surface area contributed by atoms with Gasteiger partial charge in [0, 0.05) is 47.2 Å². The van der Waals surface area contributed by atoms with E-state index in [-0.39, 0.29) is 17.5 Å². The highest BCUT2D eigenvalue weighted by Crippen LogP contribution is 2.43. The summed E-state index contributed by atoms with van der Waals surface area (Å²) >= 11 is 1.84. The van der Waals surface area contributed by atoms with E-state index in [2.05, 4.69) is 37.8 Å². The van der Waals surface area contributed by atoms with Crippen molar-refractivity contribution in [1.29, 1.82) is 0 Å². The van der Waals surface area contributed by atoms with Crippen molar-refractivity contribution in [2.75, 3.05) is 23.7 Å². The summed E-state index contributed by atoms with van der Waals surface area (Å²) in [4.78, 5) is 26.7. The molecule has 1 fully saturated rings. The quantitative estimate of drug-likeness (QED) is 0.173. The Balaban J connectivity index is 2.15. The number of aromatic nitrogens is 2. The van der Waals surface area contributed by atoms with Crippen LogP contribution in [0.3, 0.4) is 0 Å². The smallest absolute Gasteiger partial charge is 0.340 e. The molecule has 0 N–H and O–H groups in total. The Morgan fingerprint density at radius 2 is 1.82 bits per heavy atom. The first kappa shape index (κ1) is 30.4. The standard InChI is InChI=1S/C31H47N3O3S/c1-10-11-18-38-23-12-13-25(33-19-23)24-20-32-22(4)26(27(24)34-16-14-31(8,9)15-17-34)28(37-30(5,6)7)29(35)36-21(2)3/h12-13,19-21,28H,10-11,14-18H2,1-9H3/t28-/m0/s1. The molecule has 1 aliphatic heterocycles. The van der Waals surface area contributed by atoms with Crippen LogP contribution in [-0.2, 0) is 14.3 Å². The highest BCUT2D eigenvalue weighted by atomic mass is 32.2. The Bertz CT molecular complexity index is 1070. The predicted molar refractivity (Wildman–Crippen MR) is 158 cm³/mol. The van der Waals surface area contributed by atoms with Crippen LogP contribution >= 0.6 is 11.8 Å². The summed E-state index contributed by atoms with van der Waals surface area (Å²) in [5.74, 6) is 0.706. The van der Waals surface area contributed by atoms with Crippen molar-refractivity contribution in [2.45, 2.75) is 111 Å². The van der Waals surface area contributed by atoms with Crippen molar-refractivity contribution < 1.29 is 14.3 Å². The van der Waals surface area contributed by atoms with Gasteiger partial charge in [-0.15, -0.1) is 11.8 Å². The zero-order valence-electron chi connectivity index (χ0n) is 24.9. The molecule has 210 valence electrons. The molecule has 0 amide bonds. The van der Waals surface area contributed by atoms with Crippen LogP contribution in [0.1, 0.15) is 98.4 Å². The third-order valence-electron chi connectivity index (χ3n) is 6.80. The van der Waals surface area contributed by atoms with Crippen LogP contribution in [-0.4, -0.2) is 46.5 Å². The highest BCUT2D eigenvalue weighted by molar-refractivity contribution is 7.99. The van der Waals surface area contributed by atoms with Gasteiger partial charge in [-0.1, -0.05) is 27.2 Å². The molecule has 7 heteroatoms. The SMILES string of the molecule is CCCCSc1ccc(-c2cnc(C)c([C@H](OC(C)(C)C)C(=O)OC(C)C)c2N2CCC(C)(C)CC2)nc1. The van der Waals surface area contributed by atoms with Crippen molar-refractivity contribution >= 4 is 23.4 Å². The van der Waals surface area contributed by atoms with Gasteiger partial charge in [0.15, 0.2) is 6.10 Å². The number of rotatable bonds is 10. The van der Waals surface area contributed by atoms with Crippen molar-refractivity contribution in [3.05, 3.63) is 35.8 Å². The number of pyridine rings is 2. The highest BCUT2D eigenvalue weighted by Gasteiger charge is 2.37. The summed E-state index contributed by atoms with van der Waals surface area (Å²) in [5.41, 5.74) is 4.05. The van der Waals surface area contributed by atoms with Crippen molar-refractivity contribution in [2.24, 2.45) is 5.41 Å². The third kappa shape index (κ3) is 8.19. The molecule has 0 spiro atoms. The summed E-state index contributed by atoms with van der Waals surface area (Å²) in [6, 6.07) is 4.22. The van der Waals surface area contributed by atoms with E-state index in [1.54, 1.807) is 0 Å². The normalized spacial score (nSPS) is 16.5. The molecule has 1 aliphatic rings. The average molecular weight is 542 g/mol. The maximum Gasteiger partial charge on any atom is 0.340 e. The number of hydrogen-bond acceptors (Lipinski definition) is 7. The molecule has 3 heterocycles. The molecule has 0 aromatic carbocycles. The molecule has 0 bridgehead atoms. The molecule has 0 unspecified atom stereocenters. The van der Waals surface area contributed by atoms with Crippen molar-refractivity contribution in [3.63, 3.8) is 0 Å². The van der Waals surface area contributed by atoms with Crippen LogP contribution in [0.4, 0.5) is 5.69 Å². The monoisotopic (exact) mass is 541 g/mol. The summed E-state index contributed by atoms with van der Waals surface area (Å²) < 4.78 is 12.2. The molecule has 0 radical (unpaired) electrons. The molecule has 38 heavy (non-hydrogen) atoms. The number of anilines is 1. The van der Waals surface area contributed by atoms with Gasteiger partial charge < -0.3 is 14.4 Å². The fourth-order valence-electron chi connectivity index (χ4n) is 4.62. The molecule has 1 atom stereocenters. The van der Waals surface area contributed by atoms with E-state index in [0.717, 1.165) is 59.9 Å². The van der Waals surface area contributed by atoms with Crippen LogP contribution < -0.4 is 4.90 Å². The van der Waals surface area contributed by atoms with Crippen molar-refractivity contribution in [3.8, 4) is 11.3 Å². The van der Waals surface area contributed by atoms with Gasteiger partial charge in [-0.2, -0.15) is 0 Å². The van der Waals surface area contributed by atoms with Gasteiger partial charge in [0.25, 0.3) is 0 Å². The zero-order valence-corrected chi connectivity index (χ0v) is 25.7. The van der Waals surface area contributed by atoms with Crippen LogP contribution in [0.25, 0.3) is 11.3 Å². The van der Waals surface area contributed by atoms with Crippen LogP contribution in [0.15, 0.2) is 29.4 Å². The largest absolute Gasteiger partial charge is 0.461 e. The van der Waals surface area contributed by atoms with Gasteiger partial charge in [-0.3, -0.25) is 9.97 Å². The number of ether oxygens (including phenoxy) is 2. The van der Waals surface area contributed by atoms with Crippen LogP contribution in [0, 0.1) is 12.3 Å². The molecule has 3 rings (SSSR count). The Hall–Kier alpha value is -2.12. The minimum Gasteiger partial charge on any atom is -0.461 e. The predicted octanol–water partition coefficient (Wildman–Crippen LogP) is 7.78. The second kappa shape index (κ2) is 12.8. The Morgan fingerprint density at radius 3 is 2.37 bits per heavy atom. The second-order valence-electron chi connectivity index (χ2n) is 12.3. The molecule has 0 aliphatic carbocycles. The van der Waals surface area contributed by atoms with E-state index in [1.165, 1.54) is 17.7 Å². The first-order chi connectivity index (χ1) is 17.8. The van der Waals surface area contributed by atoms with E-state index < -0.39 is 11.7 Å². The number of unbranched alkanes of at least 4 members (excludes halogenated alkanes) is 1. The number of hydrogen-bond donors (Lipinski definition) is 0. The number of thioether (sulfide) groups is 1. The van der Waals surface area contributed by atoms with Gasteiger partial charge in [0.2, 0.25) is 0 Å². The Morgan fingerprint density at radius 1 is 1.13 bits per heavy atom. The van der Waals surface area contributed by atoms with E-state index in [9.17, 15) is 4.79 Å². The second-order valence-corrected chi connectivity index (χ2v) is 13.5. The number of esters is 1. The van der Waals surface area contributed by atoms with Gasteiger partial charge in [0.1, 0.15) is 0 Å². The Labute approximate surface area is 234 Å². The zero-order chi connectivity index (χ0) is 28.1. The van der Waals surface area contributed by atoms with E-state index in [4.69, 9.17) is 19.4 Å². The van der Waals surface area contributed by atoms with E-state index in [1.807, 2.05) is 65.7 Å². The van der Waals surface area contributed by atoms with Crippen LogP contribution in [0.2, 0.25) is 0 Å². The fourth-order valence-corrected chi connectivity index (χ4v) is 5.58. The number of carbonyl (C=O) groups excluding carboxylic acids is 1. The topological polar surface area (TPSA) is 64.6 Å². The molecular weight excluding hydrogens is 494 g/mol. The maximum atomic E-state index is 13.5. The van der Waals surface area contributed by atoms with Crippen molar-refractivity contribution in [1.82, 2.24) is 9.97 Å².